The molecule has 0 saturated carbocycles. The fraction of sp³-hybridized carbons (Fsp3) is 0.278. The van der Waals surface area contributed by atoms with Crippen LogP contribution < -0.4 is 14.9 Å². The van der Waals surface area contributed by atoms with Gasteiger partial charge in [-0.25, -0.2) is 8.42 Å². The number of benzene rings is 2. The predicted octanol–water partition coefficient (Wildman–Crippen LogP) is 3.44. The van der Waals surface area contributed by atoms with Gasteiger partial charge < -0.3 is 10.6 Å². The lowest BCUT2D eigenvalue weighted by Crippen LogP contribution is -2.31. The number of nitrogens with zero attached hydrogens (tertiary/aromatic N) is 1. The number of rotatable bonds is 5. The first-order chi connectivity index (χ1) is 11.7. The summed E-state index contributed by atoms with van der Waals surface area (Å²) >= 11 is 5.38. The molecular formula is C18H23N3O2S2. The summed E-state index contributed by atoms with van der Waals surface area (Å²) in [6, 6.07) is 15.3. The van der Waals surface area contributed by atoms with Gasteiger partial charge in [-0.3, -0.25) is 4.31 Å². The van der Waals surface area contributed by atoms with E-state index in [0.29, 0.717) is 10.8 Å². The molecule has 0 aliphatic heterocycles. The third kappa shape index (κ3) is 5.17. The smallest absolute Gasteiger partial charge is 0.231 e. The first-order valence-corrected chi connectivity index (χ1v) is 10.1. The van der Waals surface area contributed by atoms with Crippen LogP contribution in [0.4, 0.5) is 11.4 Å². The van der Waals surface area contributed by atoms with Crippen LogP contribution in [-0.4, -0.2) is 26.8 Å². The Morgan fingerprint density at radius 2 is 1.84 bits per heavy atom. The molecule has 134 valence electrons. The maximum absolute atomic E-state index is 11.7. The zero-order chi connectivity index (χ0) is 18.6. The summed E-state index contributed by atoms with van der Waals surface area (Å²) in [5.41, 5.74) is 3.67. The summed E-state index contributed by atoms with van der Waals surface area (Å²) in [6.07, 6.45) is 1.17. The largest absolute Gasteiger partial charge is 0.356 e. The van der Waals surface area contributed by atoms with E-state index in [1.54, 1.807) is 18.2 Å². The van der Waals surface area contributed by atoms with Gasteiger partial charge in [0.2, 0.25) is 10.0 Å². The molecule has 1 atom stereocenters. The molecule has 25 heavy (non-hydrogen) atoms. The Morgan fingerprint density at radius 1 is 1.16 bits per heavy atom. The minimum atomic E-state index is -3.30. The Balaban J connectivity index is 2.07. The molecule has 0 amide bonds. The number of nitrogens with one attached hydrogen (secondary N) is 2. The zero-order valence-electron chi connectivity index (χ0n) is 14.8. The number of sulfonamides is 1. The summed E-state index contributed by atoms with van der Waals surface area (Å²) in [5.74, 6) is 0. The fourth-order valence-electron chi connectivity index (χ4n) is 2.49. The Morgan fingerprint density at radius 3 is 2.48 bits per heavy atom. The number of aryl methyl sites for hydroxylation is 1. The highest BCUT2D eigenvalue weighted by Crippen LogP contribution is 2.21. The van der Waals surface area contributed by atoms with Crippen LogP contribution in [0.5, 0.6) is 0 Å². The molecule has 0 unspecified atom stereocenters. The molecule has 0 bridgehead atoms. The van der Waals surface area contributed by atoms with Crippen LogP contribution in [0, 0.1) is 6.92 Å². The molecule has 2 aromatic carbocycles. The van der Waals surface area contributed by atoms with Crippen molar-refractivity contribution < 1.29 is 8.42 Å². The zero-order valence-corrected chi connectivity index (χ0v) is 16.4. The van der Waals surface area contributed by atoms with Crippen LogP contribution in [0.3, 0.4) is 0 Å². The van der Waals surface area contributed by atoms with Gasteiger partial charge in [0.25, 0.3) is 0 Å². The first-order valence-electron chi connectivity index (χ1n) is 7.85. The van der Waals surface area contributed by atoms with Gasteiger partial charge in [0.15, 0.2) is 5.11 Å². The molecule has 0 radical (unpaired) electrons. The number of thiocarbonyl (C=S) groups is 1. The Bertz CT molecular complexity index is 866. The molecule has 0 spiro atoms. The Kier molecular flexibility index (Phi) is 6.02. The van der Waals surface area contributed by atoms with E-state index in [2.05, 4.69) is 29.7 Å². The average Bonchev–Trinajstić information content (AvgIpc) is 2.53. The number of hydrogen-bond acceptors (Lipinski definition) is 3. The molecule has 2 N–H and O–H groups in total. The van der Waals surface area contributed by atoms with E-state index in [-0.39, 0.29) is 6.04 Å². The Labute approximate surface area is 155 Å². The monoisotopic (exact) mass is 377 g/mol. The molecule has 0 saturated heterocycles. The molecule has 0 fully saturated rings. The van der Waals surface area contributed by atoms with E-state index >= 15 is 0 Å². The SMILES string of the molecule is Cc1ccccc1[C@@H](C)NC(=S)Nc1cccc(N(C)S(C)(=O)=O)c1. The molecule has 2 rings (SSSR count). The minimum Gasteiger partial charge on any atom is -0.356 e. The third-order valence-corrected chi connectivity index (χ3v) is 5.39. The van der Waals surface area contributed by atoms with E-state index in [9.17, 15) is 8.42 Å². The second-order valence-corrected chi connectivity index (χ2v) is 8.38. The fourth-order valence-corrected chi connectivity index (χ4v) is 3.28. The van der Waals surface area contributed by atoms with E-state index in [1.165, 1.54) is 28.7 Å². The van der Waals surface area contributed by atoms with Crippen molar-refractivity contribution in [2.45, 2.75) is 19.9 Å². The topological polar surface area (TPSA) is 61.4 Å². The average molecular weight is 378 g/mol. The molecular weight excluding hydrogens is 354 g/mol. The lowest BCUT2D eigenvalue weighted by atomic mass is 10.0. The molecule has 2 aromatic rings. The molecule has 0 aromatic heterocycles. The molecule has 0 aliphatic carbocycles. The normalized spacial score (nSPS) is 12.3. The highest BCUT2D eigenvalue weighted by Gasteiger charge is 2.13. The summed E-state index contributed by atoms with van der Waals surface area (Å²) in [5, 5.41) is 6.84. The van der Waals surface area contributed by atoms with Crippen LogP contribution in [0.1, 0.15) is 24.1 Å². The summed E-state index contributed by atoms with van der Waals surface area (Å²) in [6.45, 7) is 4.11. The first kappa shape index (κ1) is 19.2. The number of hydrogen-bond donors (Lipinski definition) is 2. The molecule has 5 nitrogen and oxygen atoms in total. The van der Waals surface area contributed by atoms with Gasteiger partial charge >= 0.3 is 0 Å². The lowest BCUT2D eigenvalue weighted by molar-refractivity contribution is 0.600. The van der Waals surface area contributed by atoms with Crippen LogP contribution in [0.25, 0.3) is 0 Å². The van der Waals surface area contributed by atoms with Gasteiger partial charge in [-0.15, -0.1) is 0 Å². The van der Waals surface area contributed by atoms with Gasteiger partial charge in [0.1, 0.15) is 0 Å². The van der Waals surface area contributed by atoms with Gasteiger partial charge in [-0.2, -0.15) is 0 Å². The van der Waals surface area contributed by atoms with Gasteiger partial charge in [-0.05, 0) is 55.4 Å². The predicted molar refractivity (Wildman–Crippen MR) is 109 cm³/mol. The van der Waals surface area contributed by atoms with Crippen molar-refractivity contribution in [3.63, 3.8) is 0 Å². The highest BCUT2D eigenvalue weighted by atomic mass is 32.2. The quantitative estimate of drug-likeness (QED) is 0.782. The highest BCUT2D eigenvalue weighted by molar-refractivity contribution is 7.92. The summed E-state index contributed by atoms with van der Waals surface area (Å²) in [7, 11) is -1.78. The van der Waals surface area contributed by atoms with Crippen molar-refractivity contribution in [3.05, 3.63) is 59.7 Å². The second-order valence-electron chi connectivity index (χ2n) is 5.96. The minimum absolute atomic E-state index is 0.0584. The van der Waals surface area contributed by atoms with Crippen molar-refractivity contribution in [1.82, 2.24) is 5.32 Å². The maximum atomic E-state index is 11.7. The summed E-state index contributed by atoms with van der Waals surface area (Å²) < 4.78 is 24.6. The van der Waals surface area contributed by atoms with E-state index in [1.807, 2.05) is 25.1 Å². The van der Waals surface area contributed by atoms with Crippen LogP contribution in [0.2, 0.25) is 0 Å². The van der Waals surface area contributed by atoms with Gasteiger partial charge in [0, 0.05) is 12.7 Å². The molecule has 0 heterocycles. The standard InChI is InChI=1S/C18H23N3O2S2/c1-13-8-5-6-11-17(13)14(2)19-18(24)20-15-9-7-10-16(12-15)21(3)25(4,22)23/h5-12,14H,1-4H3,(H2,19,20,24)/t14-/m1/s1. The summed E-state index contributed by atoms with van der Waals surface area (Å²) in [4.78, 5) is 0. The van der Waals surface area contributed by atoms with E-state index < -0.39 is 10.0 Å². The third-order valence-electron chi connectivity index (χ3n) is 3.97. The van der Waals surface area contributed by atoms with Crippen LogP contribution >= 0.6 is 12.2 Å². The van der Waals surface area contributed by atoms with Crippen LogP contribution in [0.15, 0.2) is 48.5 Å². The lowest BCUT2D eigenvalue weighted by Gasteiger charge is -2.20. The molecule has 7 heteroatoms. The van der Waals surface area contributed by atoms with Crippen molar-refractivity contribution in [2.75, 3.05) is 22.9 Å². The van der Waals surface area contributed by atoms with Crippen molar-refractivity contribution in [3.8, 4) is 0 Å². The van der Waals surface area contributed by atoms with Gasteiger partial charge in [-0.1, -0.05) is 30.3 Å². The van der Waals surface area contributed by atoms with Crippen LogP contribution in [-0.2, 0) is 10.0 Å². The maximum Gasteiger partial charge on any atom is 0.231 e. The second kappa shape index (κ2) is 7.84. The van der Waals surface area contributed by atoms with E-state index in [4.69, 9.17) is 12.2 Å². The van der Waals surface area contributed by atoms with E-state index in [0.717, 1.165) is 5.69 Å². The molecule has 0 aliphatic rings. The van der Waals surface area contributed by atoms with Crippen molar-refractivity contribution in [2.24, 2.45) is 0 Å². The number of anilines is 2. The van der Waals surface area contributed by atoms with Gasteiger partial charge in [0.05, 0.1) is 18.0 Å². The van der Waals surface area contributed by atoms with Crippen molar-refractivity contribution >= 4 is 38.7 Å². The van der Waals surface area contributed by atoms with Crippen molar-refractivity contribution in [1.29, 1.82) is 0 Å². The Hall–Kier alpha value is -2.12.